The molecule has 1 aromatic carbocycles. The third kappa shape index (κ3) is 3.67. The van der Waals surface area contributed by atoms with Gasteiger partial charge in [0, 0.05) is 0 Å². The Kier molecular flexibility index (Phi) is 6.36. The third-order valence-corrected chi connectivity index (χ3v) is 4.84. The molecule has 0 aliphatic carbocycles. The van der Waals surface area contributed by atoms with Crippen molar-refractivity contribution in [3.8, 4) is 0 Å². The Hall–Kier alpha value is -1.20. The van der Waals surface area contributed by atoms with E-state index in [2.05, 4.69) is 0 Å². The number of ether oxygens (including phenoxy) is 1. The molecular formula is C13H20NO5P. The van der Waals surface area contributed by atoms with Crippen LogP contribution in [0.2, 0.25) is 0 Å². The molecule has 20 heavy (non-hydrogen) atoms. The monoisotopic (exact) mass is 301 g/mol. The summed E-state index contributed by atoms with van der Waals surface area (Å²) in [4.78, 5) is 11.7. The van der Waals surface area contributed by atoms with Crippen molar-refractivity contribution in [2.24, 2.45) is 5.73 Å². The predicted octanol–water partition coefficient (Wildman–Crippen LogP) is 2.70. The van der Waals surface area contributed by atoms with Crippen molar-refractivity contribution in [3.63, 3.8) is 0 Å². The number of esters is 1. The van der Waals surface area contributed by atoms with Gasteiger partial charge in [-0.1, -0.05) is 18.2 Å². The first-order chi connectivity index (χ1) is 9.50. The van der Waals surface area contributed by atoms with Crippen molar-refractivity contribution >= 4 is 13.6 Å². The number of benzene rings is 1. The Morgan fingerprint density at radius 3 is 2.30 bits per heavy atom. The molecule has 1 aromatic rings. The van der Waals surface area contributed by atoms with Crippen LogP contribution in [-0.4, -0.2) is 26.3 Å². The Balaban J connectivity index is 3.22. The van der Waals surface area contributed by atoms with E-state index in [1.807, 2.05) is 0 Å². The van der Waals surface area contributed by atoms with Gasteiger partial charge in [-0.25, -0.2) is 4.79 Å². The molecule has 0 aromatic heterocycles. The molecule has 112 valence electrons. The van der Waals surface area contributed by atoms with Crippen LogP contribution < -0.4 is 5.73 Å². The molecule has 0 unspecified atom stereocenters. The van der Waals surface area contributed by atoms with Crippen molar-refractivity contribution in [1.29, 1.82) is 0 Å². The lowest BCUT2D eigenvalue weighted by molar-refractivity contribution is 0.0599. The molecule has 0 saturated heterocycles. The standard InChI is InChI=1S/C13H20NO5P/c1-4-18-20(16,19-5-2)12(14)10-8-6-7-9-11(10)13(15)17-3/h6-9,12H,4-5,14H2,1-3H3/t12-/m1/s1. The van der Waals surface area contributed by atoms with Crippen molar-refractivity contribution < 1.29 is 23.1 Å². The second kappa shape index (κ2) is 7.55. The average Bonchev–Trinajstić information content (AvgIpc) is 2.46. The van der Waals surface area contributed by atoms with Crippen molar-refractivity contribution in [1.82, 2.24) is 0 Å². The molecule has 0 fully saturated rings. The van der Waals surface area contributed by atoms with Gasteiger partial charge in [0.2, 0.25) is 0 Å². The average molecular weight is 301 g/mol. The maximum atomic E-state index is 12.7. The highest BCUT2D eigenvalue weighted by Gasteiger charge is 2.36. The van der Waals surface area contributed by atoms with Crippen molar-refractivity contribution in [2.75, 3.05) is 20.3 Å². The first-order valence-electron chi connectivity index (χ1n) is 6.31. The number of methoxy groups -OCH3 is 1. The van der Waals surface area contributed by atoms with Crippen LogP contribution in [0.4, 0.5) is 0 Å². The van der Waals surface area contributed by atoms with Crippen LogP contribution in [-0.2, 0) is 18.3 Å². The van der Waals surface area contributed by atoms with E-state index in [1.54, 1.807) is 38.1 Å². The summed E-state index contributed by atoms with van der Waals surface area (Å²) < 4.78 is 27.8. The Bertz CT molecular complexity index is 495. The van der Waals surface area contributed by atoms with Gasteiger partial charge in [-0.2, -0.15) is 0 Å². The number of hydrogen-bond acceptors (Lipinski definition) is 6. The summed E-state index contributed by atoms with van der Waals surface area (Å²) in [7, 11) is -2.27. The molecule has 1 atom stereocenters. The number of carbonyl (C=O) groups excluding carboxylic acids is 1. The van der Waals surface area contributed by atoms with E-state index in [9.17, 15) is 9.36 Å². The predicted molar refractivity (Wildman–Crippen MR) is 75.6 cm³/mol. The molecule has 0 amide bonds. The van der Waals surface area contributed by atoms with E-state index in [4.69, 9.17) is 19.5 Å². The van der Waals surface area contributed by atoms with Gasteiger partial charge in [-0.05, 0) is 25.5 Å². The number of rotatable bonds is 7. The second-order valence-electron chi connectivity index (χ2n) is 3.90. The van der Waals surface area contributed by atoms with Crippen LogP contribution >= 0.6 is 7.60 Å². The van der Waals surface area contributed by atoms with E-state index in [0.29, 0.717) is 5.56 Å². The fraction of sp³-hybridized carbons (Fsp3) is 0.462. The molecule has 7 heteroatoms. The quantitative estimate of drug-likeness (QED) is 0.615. The first kappa shape index (κ1) is 16.9. The smallest absolute Gasteiger partial charge is 0.351 e. The minimum Gasteiger partial charge on any atom is -0.465 e. The Morgan fingerprint density at radius 1 is 1.25 bits per heavy atom. The van der Waals surface area contributed by atoms with Gasteiger partial charge in [0.15, 0.2) is 0 Å². The molecule has 2 N–H and O–H groups in total. The van der Waals surface area contributed by atoms with Gasteiger partial charge >= 0.3 is 13.6 Å². The van der Waals surface area contributed by atoms with Crippen LogP contribution in [0.5, 0.6) is 0 Å². The molecule has 0 bridgehead atoms. The molecule has 0 radical (unpaired) electrons. The zero-order chi connectivity index (χ0) is 15.2. The van der Waals surface area contributed by atoms with Crippen LogP contribution in [0.15, 0.2) is 24.3 Å². The number of hydrogen-bond donors (Lipinski definition) is 1. The topological polar surface area (TPSA) is 87.9 Å². The zero-order valence-electron chi connectivity index (χ0n) is 11.9. The van der Waals surface area contributed by atoms with Crippen LogP contribution in [0, 0.1) is 0 Å². The van der Waals surface area contributed by atoms with Crippen LogP contribution in [0.3, 0.4) is 0 Å². The summed E-state index contributed by atoms with van der Waals surface area (Å²) >= 11 is 0. The molecule has 0 aliphatic rings. The van der Waals surface area contributed by atoms with E-state index >= 15 is 0 Å². The first-order valence-corrected chi connectivity index (χ1v) is 7.93. The van der Waals surface area contributed by atoms with Gasteiger partial charge in [-0.15, -0.1) is 0 Å². The zero-order valence-corrected chi connectivity index (χ0v) is 12.8. The fourth-order valence-corrected chi connectivity index (χ4v) is 3.46. The highest BCUT2D eigenvalue weighted by Crippen LogP contribution is 2.58. The van der Waals surface area contributed by atoms with E-state index in [1.165, 1.54) is 7.11 Å². The second-order valence-corrected chi connectivity index (χ2v) is 6.05. The number of carbonyl (C=O) groups is 1. The highest BCUT2D eigenvalue weighted by molar-refractivity contribution is 7.54. The van der Waals surface area contributed by atoms with E-state index < -0.39 is 19.3 Å². The molecule has 0 aliphatic heterocycles. The largest absolute Gasteiger partial charge is 0.465 e. The minimum absolute atomic E-state index is 0.200. The maximum Gasteiger partial charge on any atom is 0.351 e. The lowest BCUT2D eigenvalue weighted by atomic mass is 10.1. The fourth-order valence-electron chi connectivity index (χ4n) is 1.78. The summed E-state index contributed by atoms with van der Waals surface area (Å²) in [5.74, 6) is -1.59. The van der Waals surface area contributed by atoms with Gasteiger partial charge in [0.1, 0.15) is 5.78 Å². The third-order valence-electron chi connectivity index (χ3n) is 2.64. The normalized spacial score (nSPS) is 13.0. The van der Waals surface area contributed by atoms with Gasteiger partial charge in [0.25, 0.3) is 0 Å². The van der Waals surface area contributed by atoms with E-state index in [-0.39, 0.29) is 18.8 Å². The van der Waals surface area contributed by atoms with Crippen LogP contribution in [0.25, 0.3) is 0 Å². The Labute approximate surface area is 118 Å². The molecule has 0 spiro atoms. The lowest BCUT2D eigenvalue weighted by Crippen LogP contribution is -2.18. The van der Waals surface area contributed by atoms with Gasteiger partial charge in [0.05, 0.1) is 25.9 Å². The molecule has 0 heterocycles. The summed E-state index contributed by atoms with van der Waals surface area (Å²) in [5, 5.41) is 0. The molecular weight excluding hydrogens is 281 g/mol. The molecule has 6 nitrogen and oxygen atoms in total. The number of nitrogens with two attached hydrogens (primary N) is 1. The maximum absolute atomic E-state index is 12.7. The minimum atomic E-state index is -3.54. The summed E-state index contributed by atoms with van der Waals surface area (Å²) in [6.45, 7) is 3.80. The summed E-state index contributed by atoms with van der Waals surface area (Å²) in [5.41, 5.74) is 6.65. The lowest BCUT2D eigenvalue weighted by Gasteiger charge is -2.24. The van der Waals surface area contributed by atoms with Crippen LogP contribution in [0.1, 0.15) is 35.6 Å². The highest BCUT2D eigenvalue weighted by atomic mass is 31.2. The van der Waals surface area contributed by atoms with E-state index in [0.717, 1.165) is 0 Å². The van der Waals surface area contributed by atoms with Crippen molar-refractivity contribution in [3.05, 3.63) is 35.4 Å². The molecule has 1 rings (SSSR count). The summed E-state index contributed by atoms with van der Waals surface area (Å²) in [6, 6.07) is 6.55. The molecule has 0 saturated carbocycles. The van der Waals surface area contributed by atoms with Gasteiger partial charge < -0.3 is 19.5 Å². The summed E-state index contributed by atoms with van der Waals surface area (Å²) in [6.07, 6.45) is 0. The van der Waals surface area contributed by atoms with Crippen molar-refractivity contribution in [2.45, 2.75) is 19.6 Å². The SMILES string of the molecule is CCOP(=O)(OCC)[C@@H](N)c1ccccc1C(=O)OC. The Morgan fingerprint density at radius 2 is 1.80 bits per heavy atom. The van der Waals surface area contributed by atoms with Gasteiger partial charge in [-0.3, -0.25) is 4.57 Å².